The summed E-state index contributed by atoms with van der Waals surface area (Å²) in [7, 11) is 0. The molecule has 0 bridgehead atoms. The second-order valence-corrected chi connectivity index (χ2v) is 7.71. The molecule has 2 heteroatoms. The van der Waals surface area contributed by atoms with Gasteiger partial charge in [-0.2, -0.15) is 0 Å². The van der Waals surface area contributed by atoms with Crippen molar-refractivity contribution in [3.05, 3.63) is 96.8 Å². The van der Waals surface area contributed by atoms with Gasteiger partial charge in [0, 0.05) is 16.9 Å². The molecule has 1 aromatic heterocycles. The molecule has 5 rings (SSSR count). The molecular weight excluding hydrogens is 352 g/mol. The molecule has 1 heterocycles. The molecule has 0 unspecified atom stereocenters. The van der Waals surface area contributed by atoms with Gasteiger partial charge in [-0.25, -0.2) is 9.97 Å². The molecule has 0 aliphatic heterocycles. The minimum Gasteiger partial charge on any atom is -0.233 e. The first-order valence-electron chi connectivity index (χ1n) is 10.1. The third-order valence-electron chi connectivity index (χ3n) is 5.37. The lowest BCUT2D eigenvalue weighted by atomic mass is 9.96. The molecule has 0 radical (unpaired) electrons. The highest BCUT2D eigenvalue weighted by Gasteiger charge is 2.15. The van der Waals surface area contributed by atoms with E-state index >= 15 is 0 Å². The van der Waals surface area contributed by atoms with Crippen LogP contribution >= 0.6 is 0 Å². The molecule has 0 fully saturated rings. The molecule has 29 heavy (non-hydrogen) atoms. The number of rotatable bonds is 3. The van der Waals surface area contributed by atoms with Crippen molar-refractivity contribution in [1.29, 1.82) is 0 Å². The van der Waals surface area contributed by atoms with E-state index in [1.165, 1.54) is 21.9 Å². The van der Waals surface area contributed by atoms with Crippen molar-refractivity contribution in [3.8, 4) is 22.4 Å². The van der Waals surface area contributed by atoms with E-state index in [0.29, 0.717) is 0 Å². The van der Waals surface area contributed by atoms with Gasteiger partial charge in [-0.3, -0.25) is 0 Å². The van der Waals surface area contributed by atoms with Crippen molar-refractivity contribution in [3.63, 3.8) is 0 Å². The van der Waals surface area contributed by atoms with Crippen LogP contribution in [-0.2, 0) is 0 Å². The first-order valence-corrected chi connectivity index (χ1v) is 10.1. The lowest BCUT2D eigenvalue weighted by Crippen LogP contribution is -2.01. The number of hydrogen-bond acceptors (Lipinski definition) is 2. The maximum absolute atomic E-state index is 5.01. The number of benzene rings is 4. The minimum absolute atomic E-state index is 0.271. The molecule has 0 N–H and O–H groups in total. The second-order valence-electron chi connectivity index (χ2n) is 7.71. The smallest absolute Gasteiger partial charge is 0.132 e. The Bertz CT molecular complexity index is 1310. The average molecular weight is 374 g/mol. The molecule has 0 aliphatic rings. The number of fused-ring (bicyclic) bond motifs is 3. The van der Waals surface area contributed by atoms with Crippen LogP contribution in [0.4, 0.5) is 0 Å². The molecule has 0 saturated heterocycles. The zero-order chi connectivity index (χ0) is 19.8. The Morgan fingerprint density at radius 1 is 0.621 bits per heavy atom. The van der Waals surface area contributed by atoms with Crippen LogP contribution in [-0.4, -0.2) is 9.97 Å². The Hall–Kier alpha value is -3.52. The van der Waals surface area contributed by atoms with E-state index in [4.69, 9.17) is 9.97 Å². The van der Waals surface area contributed by atoms with Crippen molar-refractivity contribution in [2.75, 3.05) is 0 Å². The molecule has 0 atom stereocenters. The van der Waals surface area contributed by atoms with Crippen LogP contribution in [0.5, 0.6) is 0 Å². The van der Waals surface area contributed by atoms with Gasteiger partial charge in [-0.15, -0.1) is 0 Å². The summed E-state index contributed by atoms with van der Waals surface area (Å²) in [5, 5.41) is 3.52. The van der Waals surface area contributed by atoms with E-state index in [9.17, 15) is 0 Å². The van der Waals surface area contributed by atoms with Crippen molar-refractivity contribution in [2.24, 2.45) is 0 Å². The average Bonchev–Trinajstić information content (AvgIpc) is 2.79. The van der Waals surface area contributed by atoms with E-state index in [-0.39, 0.29) is 5.92 Å². The monoisotopic (exact) mass is 374 g/mol. The van der Waals surface area contributed by atoms with Crippen molar-refractivity contribution in [1.82, 2.24) is 9.97 Å². The van der Waals surface area contributed by atoms with Crippen LogP contribution < -0.4 is 0 Å². The van der Waals surface area contributed by atoms with Gasteiger partial charge < -0.3 is 0 Å². The normalized spacial score (nSPS) is 11.4. The molecule has 5 aromatic rings. The van der Waals surface area contributed by atoms with Gasteiger partial charge >= 0.3 is 0 Å². The Labute approximate surface area is 170 Å². The van der Waals surface area contributed by atoms with E-state index in [1.807, 2.05) is 6.07 Å². The lowest BCUT2D eigenvalue weighted by molar-refractivity contribution is 0.785. The Morgan fingerprint density at radius 2 is 1.28 bits per heavy atom. The summed E-state index contributed by atoms with van der Waals surface area (Å²) >= 11 is 0. The van der Waals surface area contributed by atoms with Gasteiger partial charge in [0.2, 0.25) is 0 Å². The molecule has 0 amide bonds. The van der Waals surface area contributed by atoms with Crippen molar-refractivity contribution >= 4 is 21.7 Å². The topological polar surface area (TPSA) is 25.8 Å². The van der Waals surface area contributed by atoms with E-state index in [1.54, 1.807) is 0 Å². The Kier molecular flexibility index (Phi) is 4.33. The maximum atomic E-state index is 5.01. The number of hydrogen-bond donors (Lipinski definition) is 0. The van der Waals surface area contributed by atoms with E-state index < -0.39 is 0 Å². The predicted octanol–water partition coefficient (Wildman–Crippen LogP) is 7.24. The fourth-order valence-electron chi connectivity index (χ4n) is 3.84. The van der Waals surface area contributed by atoms with Crippen LogP contribution in [0.1, 0.15) is 25.6 Å². The van der Waals surface area contributed by atoms with E-state index in [0.717, 1.165) is 28.0 Å². The number of nitrogens with zero attached hydrogens (tertiary/aromatic N) is 2. The predicted molar refractivity (Wildman–Crippen MR) is 122 cm³/mol. The highest BCUT2D eigenvalue weighted by molar-refractivity contribution is 6.13. The third-order valence-corrected chi connectivity index (χ3v) is 5.37. The van der Waals surface area contributed by atoms with Crippen LogP contribution in [0.15, 0.2) is 91.0 Å². The third kappa shape index (κ3) is 3.17. The molecule has 4 aromatic carbocycles. The summed E-state index contributed by atoms with van der Waals surface area (Å²) in [6.45, 7) is 4.29. The Balaban J connectivity index is 1.88. The van der Waals surface area contributed by atoms with Crippen LogP contribution in [0.3, 0.4) is 0 Å². The zero-order valence-corrected chi connectivity index (χ0v) is 16.6. The summed E-state index contributed by atoms with van der Waals surface area (Å²) in [6, 6.07) is 31.9. The fraction of sp³-hybridized carbons (Fsp3) is 0.111. The molecular formula is C27H22N2. The van der Waals surface area contributed by atoms with Crippen LogP contribution in [0.2, 0.25) is 0 Å². The zero-order valence-electron chi connectivity index (χ0n) is 16.6. The summed E-state index contributed by atoms with van der Waals surface area (Å²) in [5.41, 5.74) is 5.56. The van der Waals surface area contributed by atoms with E-state index in [2.05, 4.69) is 98.8 Å². The molecule has 0 spiro atoms. The Morgan fingerprint density at radius 3 is 1.97 bits per heavy atom. The molecule has 140 valence electrons. The van der Waals surface area contributed by atoms with Gasteiger partial charge in [0.25, 0.3) is 0 Å². The quantitative estimate of drug-likeness (QED) is 0.311. The summed E-state index contributed by atoms with van der Waals surface area (Å²) < 4.78 is 0. The summed E-state index contributed by atoms with van der Waals surface area (Å²) in [4.78, 5) is 9.91. The van der Waals surface area contributed by atoms with Crippen LogP contribution in [0, 0.1) is 0 Å². The van der Waals surface area contributed by atoms with Crippen molar-refractivity contribution < 1.29 is 0 Å². The van der Waals surface area contributed by atoms with Crippen molar-refractivity contribution in [2.45, 2.75) is 19.8 Å². The summed E-state index contributed by atoms with van der Waals surface area (Å²) in [6.07, 6.45) is 0. The minimum atomic E-state index is 0.271. The van der Waals surface area contributed by atoms with Gasteiger partial charge in [-0.05, 0) is 34.0 Å². The molecule has 2 nitrogen and oxygen atoms in total. The number of aromatic nitrogens is 2. The first-order chi connectivity index (χ1) is 14.2. The SMILES string of the molecule is CC(C)c1nc(-c2ccccc2)c2c(ccc3ccc(-c4ccccc4)cc32)n1. The second kappa shape index (κ2) is 7.14. The van der Waals surface area contributed by atoms with Gasteiger partial charge in [0.05, 0.1) is 11.2 Å². The largest absolute Gasteiger partial charge is 0.233 e. The highest BCUT2D eigenvalue weighted by Crippen LogP contribution is 2.35. The van der Waals surface area contributed by atoms with Crippen LogP contribution in [0.25, 0.3) is 44.1 Å². The van der Waals surface area contributed by atoms with Gasteiger partial charge in [0.1, 0.15) is 5.82 Å². The molecule has 0 aliphatic carbocycles. The molecule has 0 saturated carbocycles. The standard InChI is InChI=1S/C27H22N2/c1-18(2)27-28-24-16-15-20-13-14-22(19-9-5-3-6-10-19)17-23(20)25(24)26(29-27)21-11-7-4-8-12-21/h3-18H,1-2H3. The lowest BCUT2D eigenvalue weighted by Gasteiger charge is -2.14. The first kappa shape index (κ1) is 17.6. The maximum Gasteiger partial charge on any atom is 0.132 e. The van der Waals surface area contributed by atoms with Gasteiger partial charge in [-0.1, -0.05) is 92.7 Å². The summed E-state index contributed by atoms with van der Waals surface area (Å²) in [5.74, 6) is 1.16. The van der Waals surface area contributed by atoms with Gasteiger partial charge in [0.15, 0.2) is 0 Å². The fourth-order valence-corrected chi connectivity index (χ4v) is 3.84. The highest BCUT2D eigenvalue weighted by atomic mass is 14.9.